The second kappa shape index (κ2) is 14.4. The largest absolute Gasteiger partial charge is 3.00 e. The summed E-state index contributed by atoms with van der Waals surface area (Å²) in [5.41, 5.74) is 9.05. The molecule has 7 heteroatoms. The van der Waals surface area contributed by atoms with Crippen LogP contribution in [0.1, 0.15) is 22.9 Å². The van der Waals surface area contributed by atoms with Crippen molar-refractivity contribution in [1.82, 2.24) is 9.97 Å². The van der Waals surface area contributed by atoms with Gasteiger partial charge in [-0.25, -0.2) is 4.98 Å². The number of anilines is 2. The summed E-state index contributed by atoms with van der Waals surface area (Å²) in [4.78, 5) is 12.6. The van der Waals surface area contributed by atoms with Crippen LogP contribution >= 0.6 is 11.3 Å². The van der Waals surface area contributed by atoms with Crippen molar-refractivity contribution in [2.24, 2.45) is 0 Å². The first-order chi connectivity index (χ1) is 24.3. The van der Waals surface area contributed by atoms with Gasteiger partial charge in [-0.3, -0.25) is 0 Å². The first kappa shape index (κ1) is 35.1. The third kappa shape index (κ3) is 6.74. The zero-order chi connectivity index (χ0) is 34.4. The van der Waals surface area contributed by atoms with Gasteiger partial charge < -0.3 is 10.2 Å². The monoisotopic (exact) mass is 920 g/mol. The smallest absolute Gasteiger partial charge is 3.00 e. The molecule has 5 aromatic carbocycles. The predicted molar refractivity (Wildman–Crippen MR) is 215 cm³/mol. The summed E-state index contributed by atoms with van der Waals surface area (Å²) in [6.45, 7) is 4.37. The molecule has 9 rings (SSSR count). The van der Waals surface area contributed by atoms with E-state index in [-0.39, 0.29) is 26.3 Å². The number of thiophene rings is 1. The Morgan fingerprint density at radius 1 is 0.745 bits per heavy atom. The van der Waals surface area contributed by atoms with Gasteiger partial charge >= 0.3 is 120 Å². The normalized spacial score (nSPS) is 13.7. The van der Waals surface area contributed by atoms with Gasteiger partial charge in [0.15, 0.2) is 0 Å². The van der Waals surface area contributed by atoms with Crippen LogP contribution in [0.3, 0.4) is 0 Å². The van der Waals surface area contributed by atoms with Gasteiger partial charge in [0.1, 0.15) is 4.83 Å². The molecular weight excluding hydrogens is 881 g/mol. The number of nitrogens with zero attached hydrogens (tertiary/aromatic N) is 4. The maximum atomic E-state index is 5.31. The molecule has 0 saturated carbocycles. The van der Waals surface area contributed by atoms with Crippen molar-refractivity contribution < 1.29 is 20.1 Å². The minimum atomic E-state index is -1.72. The number of aryl methyl sites for hydroxylation is 2. The van der Waals surface area contributed by atoms with Gasteiger partial charge in [-0.05, 0) is 59.4 Å². The molecular formula is C44H37GeIrN4S. The number of pyridine rings is 2. The minimum absolute atomic E-state index is 0. The van der Waals surface area contributed by atoms with Crippen LogP contribution in [0.5, 0.6) is 0 Å². The molecule has 4 nitrogen and oxygen atoms in total. The van der Waals surface area contributed by atoms with E-state index < -0.39 is 13.3 Å². The van der Waals surface area contributed by atoms with E-state index in [4.69, 9.17) is 5.32 Å². The van der Waals surface area contributed by atoms with Gasteiger partial charge in [0.2, 0.25) is 0 Å². The second-order valence-electron chi connectivity index (χ2n) is 13.9. The molecule has 3 aromatic heterocycles. The van der Waals surface area contributed by atoms with Gasteiger partial charge in [0.25, 0.3) is 0 Å². The van der Waals surface area contributed by atoms with Crippen molar-refractivity contribution in [3.63, 3.8) is 0 Å². The predicted octanol–water partition coefficient (Wildman–Crippen LogP) is 12.0. The summed E-state index contributed by atoms with van der Waals surface area (Å²) in [6.07, 6.45) is 3.71. The molecule has 1 unspecified atom stereocenters. The molecule has 0 N–H and O–H groups in total. The van der Waals surface area contributed by atoms with Gasteiger partial charge in [0, 0.05) is 17.6 Å². The molecule has 0 amide bonds. The fourth-order valence-electron chi connectivity index (χ4n) is 6.79. The fraction of sp³-hybridized carbons (Fsp3) is 0.136. The first-order valence-electron chi connectivity index (χ1n) is 17.0. The molecule has 0 saturated heterocycles. The van der Waals surface area contributed by atoms with E-state index in [0.29, 0.717) is 0 Å². The summed E-state index contributed by atoms with van der Waals surface area (Å²) in [5, 5.41) is 10.2. The van der Waals surface area contributed by atoms with E-state index in [1.54, 1.807) is 11.3 Å². The third-order valence-corrected chi connectivity index (χ3v) is 14.8. The Hall–Kier alpha value is -4.33. The van der Waals surface area contributed by atoms with Crippen LogP contribution < -0.4 is 9.30 Å². The Balaban J connectivity index is 0.000000202. The fourth-order valence-corrected chi connectivity index (χ4v) is 10.1. The van der Waals surface area contributed by atoms with Crippen LogP contribution in [-0.2, 0) is 20.1 Å². The van der Waals surface area contributed by atoms with Crippen molar-refractivity contribution in [2.45, 2.75) is 37.3 Å². The van der Waals surface area contributed by atoms with E-state index in [2.05, 4.69) is 137 Å². The Bertz CT molecular complexity index is 2470. The third-order valence-electron chi connectivity index (χ3n) is 9.40. The summed E-state index contributed by atoms with van der Waals surface area (Å²) in [6, 6.07) is 46.9. The number of para-hydroxylation sites is 1. The van der Waals surface area contributed by atoms with Crippen molar-refractivity contribution in [1.29, 1.82) is 0 Å². The minimum Gasteiger partial charge on any atom is 3.00 e. The molecule has 4 heterocycles. The summed E-state index contributed by atoms with van der Waals surface area (Å²) in [5.74, 6) is 7.14. The topological polar surface area (TPSA) is 43.1 Å². The Morgan fingerprint density at radius 2 is 1.51 bits per heavy atom. The maximum Gasteiger partial charge on any atom is 3.00 e. The van der Waals surface area contributed by atoms with Gasteiger partial charge in [-0.15, -0.1) is 16.6 Å². The van der Waals surface area contributed by atoms with Crippen LogP contribution in [0.2, 0.25) is 17.3 Å². The van der Waals surface area contributed by atoms with Crippen molar-refractivity contribution in [3.05, 3.63) is 162 Å². The number of hydrogen-bond donors (Lipinski definition) is 0. The van der Waals surface area contributed by atoms with E-state index in [0.717, 1.165) is 33.0 Å². The quantitative estimate of drug-likeness (QED) is 0.130. The molecule has 1 atom stereocenters. The number of hydrogen-bond acceptors (Lipinski definition) is 4. The Morgan fingerprint density at radius 3 is 2.22 bits per heavy atom. The molecule has 0 fully saturated rings. The molecule has 0 spiro atoms. The summed E-state index contributed by atoms with van der Waals surface area (Å²) < 4.78 is 2.65. The molecule has 1 aliphatic heterocycles. The van der Waals surface area contributed by atoms with Crippen LogP contribution in [0.25, 0.3) is 47.6 Å². The molecule has 252 valence electrons. The van der Waals surface area contributed by atoms with E-state index in [1.165, 1.54) is 47.5 Å². The number of benzene rings is 5. The maximum absolute atomic E-state index is 5.31. The average molecular weight is 919 g/mol. The Kier molecular flexibility index (Phi) is 9.88. The van der Waals surface area contributed by atoms with E-state index in [9.17, 15) is 0 Å². The molecule has 0 aliphatic carbocycles. The molecule has 51 heavy (non-hydrogen) atoms. The van der Waals surface area contributed by atoms with Crippen LogP contribution in [0.15, 0.2) is 128 Å². The van der Waals surface area contributed by atoms with Crippen LogP contribution in [-0.4, -0.2) is 23.2 Å². The van der Waals surface area contributed by atoms with Crippen molar-refractivity contribution >= 4 is 77.1 Å². The zero-order valence-corrected chi connectivity index (χ0v) is 34.5. The van der Waals surface area contributed by atoms with Crippen molar-refractivity contribution in [2.75, 3.05) is 4.90 Å². The molecule has 1 aliphatic rings. The number of aromatic nitrogens is 2. The van der Waals surface area contributed by atoms with E-state index >= 15 is 0 Å². The molecule has 0 radical (unpaired) electrons. The molecule has 0 bridgehead atoms. The molecule has 8 aromatic rings. The van der Waals surface area contributed by atoms with Crippen LogP contribution in [0, 0.1) is 26.0 Å². The average Bonchev–Trinajstić information content (AvgIpc) is 3.69. The zero-order valence-electron chi connectivity index (χ0n) is 29.2. The Labute approximate surface area is 320 Å². The van der Waals surface area contributed by atoms with Crippen molar-refractivity contribution in [3.8, 4) is 11.3 Å². The first-order valence-corrected chi connectivity index (χ1v) is 25.1. The second-order valence-corrected chi connectivity index (χ2v) is 25.5. The van der Waals surface area contributed by atoms with Gasteiger partial charge in [0.05, 0.1) is 0 Å². The van der Waals surface area contributed by atoms with Gasteiger partial charge in [-0.2, -0.15) is 29.5 Å². The number of rotatable bonds is 4. The summed E-state index contributed by atoms with van der Waals surface area (Å²) in [7, 11) is 0. The SMILES string of the molecule is Cc1cccc(C)c1N1c2cc3ccccc3cc2[N-]C1c1[c-]ccc2c1sc1ncccc12.[CH3][Ge]([CH3])([CH3])[c]1ccc(-c2[c-]cccc2)nc1.[Ir+3]. The van der Waals surface area contributed by atoms with Crippen LogP contribution in [0.4, 0.5) is 17.1 Å². The standard InChI is InChI=1S/C30H21N3S.C14H16GeN.Ir/c1-18-8-5-9-19(2)27(18)33-26-17-21-11-4-3-10-20(21)16-25(26)32-29(33)24-13-6-12-22-23-14-7-15-31-30(23)34-28(22)24;1-15(2,3)13-9-10-14(16-11-13)12-7-5-4-6-8-12;/h3-12,14-17,29H,1-2H3;4-7,9-11H,1-3H3;/q-2;-1;+3. The summed E-state index contributed by atoms with van der Waals surface area (Å²) >= 11 is 0.0175. The van der Waals surface area contributed by atoms with Gasteiger partial charge in [-0.1, -0.05) is 59.3 Å². The number of fused-ring (bicyclic) bond motifs is 5. The van der Waals surface area contributed by atoms with E-state index in [1.807, 2.05) is 48.8 Å².